The van der Waals surface area contributed by atoms with E-state index in [4.69, 9.17) is 4.74 Å². The highest BCUT2D eigenvalue weighted by Gasteiger charge is 2.44. The molecule has 0 saturated heterocycles. The number of halogens is 1. The van der Waals surface area contributed by atoms with Gasteiger partial charge in [-0.15, -0.1) is 0 Å². The zero-order valence-electron chi connectivity index (χ0n) is 15.9. The average molecular weight is 376 g/mol. The highest BCUT2D eigenvalue weighted by Crippen LogP contribution is 2.46. The maximum atomic E-state index is 14.7. The van der Waals surface area contributed by atoms with Gasteiger partial charge in [-0.05, 0) is 42.2 Å². The average Bonchev–Trinajstić information content (AvgIpc) is 2.75. The lowest BCUT2D eigenvalue weighted by Crippen LogP contribution is -2.44. The van der Waals surface area contributed by atoms with Gasteiger partial charge in [0.2, 0.25) is 0 Å². The fraction of sp³-hybridized carbons (Fsp3) is 0.280. The van der Waals surface area contributed by atoms with Crippen LogP contribution in [0.15, 0.2) is 78.9 Å². The van der Waals surface area contributed by atoms with Crippen LogP contribution in [0.5, 0.6) is 5.75 Å². The van der Waals surface area contributed by atoms with Gasteiger partial charge in [0.05, 0.1) is 6.10 Å². The van der Waals surface area contributed by atoms with Crippen molar-refractivity contribution in [1.29, 1.82) is 0 Å². The molecule has 0 bridgehead atoms. The number of benzene rings is 3. The zero-order chi connectivity index (χ0) is 19.4. The van der Waals surface area contributed by atoms with Gasteiger partial charge in [-0.2, -0.15) is 0 Å². The number of aliphatic hydroxyl groups is 1. The van der Waals surface area contributed by atoms with Crippen LogP contribution in [0.2, 0.25) is 0 Å². The molecule has 4 rings (SSSR count). The number of rotatable bonds is 5. The third-order valence-electron chi connectivity index (χ3n) is 5.84. The molecule has 2 atom stereocenters. The summed E-state index contributed by atoms with van der Waals surface area (Å²) in [6.07, 6.45) is 2.75. The first-order valence-corrected chi connectivity index (χ1v) is 9.90. The van der Waals surface area contributed by atoms with E-state index in [1.807, 2.05) is 66.7 Å². The molecule has 3 aromatic rings. The van der Waals surface area contributed by atoms with Crippen molar-refractivity contribution in [1.82, 2.24) is 0 Å². The summed E-state index contributed by atoms with van der Waals surface area (Å²) < 4.78 is 20.6. The van der Waals surface area contributed by atoms with Crippen LogP contribution in [0, 0.1) is 5.82 Å². The predicted octanol–water partition coefficient (Wildman–Crippen LogP) is 5.63. The minimum absolute atomic E-state index is 0.257. The van der Waals surface area contributed by atoms with Crippen LogP contribution in [-0.4, -0.2) is 11.2 Å². The van der Waals surface area contributed by atoms with Gasteiger partial charge in [-0.25, -0.2) is 4.39 Å². The Morgan fingerprint density at radius 1 is 0.893 bits per heavy atom. The fourth-order valence-electron chi connectivity index (χ4n) is 4.37. The summed E-state index contributed by atoms with van der Waals surface area (Å²) in [5.74, 6) is 0.509. The standard InChI is InChI=1S/C25H25FO2/c26-23-11-5-4-10-22(23)25(17-7-6-12-24(25)27)20-13-15-21(16-14-20)28-18-19-8-2-1-3-9-19/h1-5,8-11,13-16,24,27H,6-7,12,17-18H2. The summed E-state index contributed by atoms with van der Waals surface area (Å²) in [6.45, 7) is 0.501. The second-order valence-corrected chi connectivity index (χ2v) is 7.51. The monoisotopic (exact) mass is 376 g/mol. The molecule has 1 aliphatic rings. The maximum Gasteiger partial charge on any atom is 0.127 e. The van der Waals surface area contributed by atoms with Gasteiger partial charge < -0.3 is 9.84 Å². The molecule has 3 aromatic carbocycles. The lowest BCUT2D eigenvalue weighted by atomic mass is 9.63. The van der Waals surface area contributed by atoms with Crippen LogP contribution in [0.25, 0.3) is 0 Å². The van der Waals surface area contributed by atoms with Crippen molar-refractivity contribution in [2.24, 2.45) is 0 Å². The van der Waals surface area contributed by atoms with E-state index < -0.39 is 11.5 Å². The molecular formula is C25H25FO2. The van der Waals surface area contributed by atoms with Crippen LogP contribution in [0.4, 0.5) is 4.39 Å². The SMILES string of the molecule is OC1CCCCC1(c1ccc(OCc2ccccc2)cc1)c1ccccc1F. The Bertz CT molecular complexity index is 907. The van der Waals surface area contributed by atoms with Crippen molar-refractivity contribution in [2.45, 2.75) is 43.8 Å². The van der Waals surface area contributed by atoms with Crippen molar-refractivity contribution in [3.63, 3.8) is 0 Å². The van der Waals surface area contributed by atoms with E-state index in [0.717, 1.165) is 36.1 Å². The molecule has 1 aliphatic carbocycles. The van der Waals surface area contributed by atoms with Crippen molar-refractivity contribution in [3.05, 3.63) is 101 Å². The molecule has 0 aromatic heterocycles. The molecule has 1 saturated carbocycles. The van der Waals surface area contributed by atoms with Crippen molar-refractivity contribution in [3.8, 4) is 5.75 Å². The van der Waals surface area contributed by atoms with E-state index in [1.54, 1.807) is 6.07 Å². The number of hydrogen-bond acceptors (Lipinski definition) is 2. The van der Waals surface area contributed by atoms with E-state index in [9.17, 15) is 9.50 Å². The Morgan fingerprint density at radius 3 is 2.32 bits per heavy atom. The van der Waals surface area contributed by atoms with Crippen LogP contribution < -0.4 is 4.74 Å². The first kappa shape index (κ1) is 18.7. The van der Waals surface area contributed by atoms with Crippen molar-refractivity contribution >= 4 is 0 Å². The van der Waals surface area contributed by atoms with Crippen molar-refractivity contribution in [2.75, 3.05) is 0 Å². The topological polar surface area (TPSA) is 29.5 Å². The van der Waals surface area contributed by atoms with Gasteiger partial charge in [0.25, 0.3) is 0 Å². The summed E-state index contributed by atoms with van der Waals surface area (Å²) in [5.41, 5.74) is 1.93. The van der Waals surface area contributed by atoms with Crippen LogP contribution >= 0.6 is 0 Å². The Hall–Kier alpha value is -2.65. The molecule has 0 aliphatic heterocycles. The summed E-state index contributed by atoms with van der Waals surface area (Å²) in [4.78, 5) is 0. The molecule has 2 unspecified atom stereocenters. The molecule has 1 fully saturated rings. The predicted molar refractivity (Wildman–Crippen MR) is 109 cm³/mol. The third kappa shape index (κ3) is 3.55. The lowest BCUT2D eigenvalue weighted by Gasteiger charge is -2.42. The van der Waals surface area contributed by atoms with E-state index in [1.165, 1.54) is 6.07 Å². The summed E-state index contributed by atoms with van der Waals surface area (Å²) in [6, 6.07) is 24.6. The summed E-state index contributed by atoms with van der Waals surface area (Å²) >= 11 is 0. The largest absolute Gasteiger partial charge is 0.489 e. The van der Waals surface area contributed by atoms with Crippen molar-refractivity contribution < 1.29 is 14.2 Å². The zero-order valence-corrected chi connectivity index (χ0v) is 15.9. The Balaban J connectivity index is 1.63. The molecule has 2 nitrogen and oxygen atoms in total. The minimum Gasteiger partial charge on any atom is -0.489 e. The number of hydrogen-bond donors (Lipinski definition) is 1. The summed E-state index contributed by atoms with van der Waals surface area (Å²) in [7, 11) is 0. The highest BCUT2D eigenvalue weighted by molar-refractivity contribution is 5.44. The summed E-state index contributed by atoms with van der Waals surface area (Å²) in [5, 5.41) is 11.0. The molecule has 3 heteroatoms. The van der Waals surface area contributed by atoms with Gasteiger partial charge in [-0.3, -0.25) is 0 Å². The van der Waals surface area contributed by atoms with Gasteiger partial charge in [0.15, 0.2) is 0 Å². The van der Waals surface area contributed by atoms with E-state index in [0.29, 0.717) is 18.6 Å². The van der Waals surface area contributed by atoms with Gasteiger partial charge in [-0.1, -0.05) is 73.5 Å². The second-order valence-electron chi connectivity index (χ2n) is 7.51. The van der Waals surface area contributed by atoms with Gasteiger partial charge in [0, 0.05) is 11.0 Å². The molecular weight excluding hydrogens is 351 g/mol. The first-order chi connectivity index (χ1) is 13.7. The van der Waals surface area contributed by atoms with Gasteiger partial charge in [0.1, 0.15) is 18.2 Å². The molecule has 0 amide bonds. The number of aliphatic hydroxyl groups excluding tert-OH is 1. The Kier molecular flexibility index (Phi) is 5.45. The van der Waals surface area contributed by atoms with Crippen LogP contribution in [0.1, 0.15) is 42.4 Å². The minimum atomic E-state index is -0.707. The number of ether oxygens (including phenoxy) is 1. The molecule has 144 valence electrons. The first-order valence-electron chi connectivity index (χ1n) is 9.90. The van der Waals surface area contributed by atoms with Crippen LogP contribution in [0.3, 0.4) is 0 Å². The Labute approximate surface area is 165 Å². The normalized spacial score (nSPS) is 22.0. The maximum absolute atomic E-state index is 14.7. The molecule has 1 N–H and O–H groups in total. The van der Waals surface area contributed by atoms with Gasteiger partial charge >= 0.3 is 0 Å². The highest BCUT2D eigenvalue weighted by atomic mass is 19.1. The molecule has 0 radical (unpaired) electrons. The lowest BCUT2D eigenvalue weighted by molar-refractivity contribution is 0.0619. The van der Waals surface area contributed by atoms with E-state index in [2.05, 4.69) is 0 Å². The van der Waals surface area contributed by atoms with E-state index in [-0.39, 0.29) is 5.82 Å². The smallest absolute Gasteiger partial charge is 0.127 e. The second kappa shape index (κ2) is 8.15. The fourth-order valence-corrected chi connectivity index (χ4v) is 4.37. The molecule has 0 heterocycles. The van der Waals surface area contributed by atoms with E-state index >= 15 is 0 Å². The quantitative estimate of drug-likeness (QED) is 0.626. The Morgan fingerprint density at radius 2 is 1.61 bits per heavy atom. The third-order valence-corrected chi connectivity index (χ3v) is 5.84. The molecule has 0 spiro atoms. The van der Waals surface area contributed by atoms with Crippen LogP contribution in [-0.2, 0) is 12.0 Å². The molecule has 28 heavy (non-hydrogen) atoms.